The first-order valence-corrected chi connectivity index (χ1v) is 11.3. The number of halogens is 2. The fourth-order valence-electron chi connectivity index (χ4n) is 2.85. The van der Waals surface area contributed by atoms with Crippen LogP contribution in [0.25, 0.3) is 5.57 Å². The van der Waals surface area contributed by atoms with Crippen molar-refractivity contribution in [3.8, 4) is 0 Å². The maximum atomic E-state index is 6.29. The van der Waals surface area contributed by atoms with E-state index in [0.29, 0.717) is 6.61 Å². The highest BCUT2D eigenvalue weighted by atomic mass is 127. The van der Waals surface area contributed by atoms with Crippen LogP contribution in [0.15, 0.2) is 18.3 Å². The maximum absolute atomic E-state index is 6.29. The fraction of sp³-hybridized carbons (Fsp3) is 0.556. The Bertz CT molecular complexity index is 770. The number of rotatable bonds is 10. The van der Waals surface area contributed by atoms with Gasteiger partial charge < -0.3 is 15.9 Å². The fourth-order valence-corrected chi connectivity index (χ4v) is 4.57. The van der Waals surface area contributed by atoms with E-state index in [1.807, 2.05) is 17.8 Å². The van der Waals surface area contributed by atoms with Crippen molar-refractivity contribution in [1.29, 1.82) is 0 Å². The third-order valence-electron chi connectivity index (χ3n) is 4.20. The van der Waals surface area contributed by atoms with Gasteiger partial charge in [-0.2, -0.15) is 5.10 Å². The number of aryl methyl sites for hydroxylation is 1. The summed E-state index contributed by atoms with van der Waals surface area (Å²) in [6.07, 6.45) is 6.01. The lowest BCUT2D eigenvalue weighted by atomic mass is 10.0. The Kier molecular flexibility index (Phi) is 9.02. The summed E-state index contributed by atoms with van der Waals surface area (Å²) in [6, 6.07) is 2.44. The second-order valence-corrected chi connectivity index (χ2v) is 8.45. The summed E-state index contributed by atoms with van der Waals surface area (Å²) in [5.74, 6) is 6.29. The molecule has 2 heterocycles. The topological polar surface area (TPSA) is 82.9 Å². The molecule has 3 N–H and O–H groups in total. The van der Waals surface area contributed by atoms with Gasteiger partial charge in [0.25, 0.3) is 0 Å². The van der Waals surface area contributed by atoms with Crippen molar-refractivity contribution in [3.63, 3.8) is 0 Å². The van der Waals surface area contributed by atoms with Gasteiger partial charge in [0.1, 0.15) is 9.39 Å². The van der Waals surface area contributed by atoms with Crippen LogP contribution in [0.3, 0.4) is 0 Å². The molecular weight excluding hydrogens is 570 g/mol. The van der Waals surface area contributed by atoms with E-state index in [1.165, 1.54) is 0 Å². The second-order valence-electron chi connectivity index (χ2n) is 6.47. The Morgan fingerprint density at radius 3 is 2.67 bits per heavy atom. The monoisotopic (exact) mass is 598 g/mol. The molecule has 2 rings (SSSR count). The number of nitrogens with zero attached hydrogens (tertiary/aromatic N) is 4. The van der Waals surface area contributed by atoms with E-state index in [2.05, 4.69) is 87.4 Å². The van der Waals surface area contributed by atoms with Gasteiger partial charge >= 0.3 is 0 Å². The van der Waals surface area contributed by atoms with E-state index in [9.17, 15) is 0 Å². The van der Waals surface area contributed by atoms with Gasteiger partial charge in [-0.15, -0.1) is 0 Å². The van der Waals surface area contributed by atoms with Crippen molar-refractivity contribution in [2.75, 3.05) is 19.1 Å². The molecule has 0 aromatic carbocycles. The van der Waals surface area contributed by atoms with Crippen molar-refractivity contribution in [1.82, 2.24) is 24.8 Å². The molecule has 0 aliphatic heterocycles. The Morgan fingerprint density at radius 2 is 2.15 bits per heavy atom. The van der Waals surface area contributed by atoms with Crippen LogP contribution in [0.2, 0.25) is 0 Å². The van der Waals surface area contributed by atoms with Crippen molar-refractivity contribution in [2.24, 2.45) is 7.05 Å². The van der Waals surface area contributed by atoms with E-state index in [-0.39, 0.29) is 12.1 Å². The van der Waals surface area contributed by atoms with Crippen LogP contribution in [0.5, 0.6) is 0 Å². The van der Waals surface area contributed by atoms with Gasteiger partial charge in [-0.25, -0.2) is 9.66 Å². The number of imidazole rings is 1. The molecule has 1 unspecified atom stereocenters. The SMILES string of the molecule is CCCOC[C@@H](C)NC(/C=C(/c1ccnn1C)c1c(I)nc(I)n1N)CC. The van der Waals surface area contributed by atoms with Crippen molar-refractivity contribution in [2.45, 2.75) is 45.7 Å². The summed E-state index contributed by atoms with van der Waals surface area (Å²) in [4.78, 5) is 4.52. The normalized spacial score (nSPS) is 14.5. The number of nitrogen functional groups attached to an aromatic ring is 1. The van der Waals surface area contributed by atoms with Crippen LogP contribution >= 0.6 is 45.2 Å². The lowest BCUT2D eigenvalue weighted by molar-refractivity contribution is 0.114. The molecule has 0 bridgehead atoms. The molecule has 9 heteroatoms. The van der Waals surface area contributed by atoms with E-state index in [4.69, 9.17) is 10.6 Å². The summed E-state index contributed by atoms with van der Waals surface area (Å²) in [5, 5.41) is 7.98. The maximum Gasteiger partial charge on any atom is 0.191 e. The average Bonchev–Trinajstić information content (AvgIpc) is 3.15. The minimum absolute atomic E-state index is 0.179. The molecule has 0 aliphatic rings. The molecule has 0 fully saturated rings. The minimum atomic E-state index is 0.179. The minimum Gasteiger partial charge on any atom is -0.380 e. The van der Waals surface area contributed by atoms with Crippen LogP contribution < -0.4 is 11.2 Å². The van der Waals surface area contributed by atoms with Gasteiger partial charge in [0.2, 0.25) is 0 Å². The van der Waals surface area contributed by atoms with Crippen molar-refractivity contribution in [3.05, 3.63) is 37.3 Å². The number of nitrogens with one attached hydrogen (secondary N) is 1. The van der Waals surface area contributed by atoms with Gasteiger partial charge in [0.05, 0.1) is 12.3 Å². The highest BCUT2D eigenvalue weighted by Crippen LogP contribution is 2.28. The largest absolute Gasteiger partial charge is 0.380 e. The third kappa shape index (κ3) is 5.91. The molecule has 0 saturated heterocycles. The van der Waals surface area contributed by atoms with Crippen LogP contribution in [-0.4, -0.2) is 44.7 Å². The Hall–Kier alpha value is -0.660. The number of ether oxygens (including phenoxy) is 1. The Morgan fingerprint density at radius 1 is 1.41 bits per heavy atom. The number of aromatic nitrogens is 4. The highest BCUT2D eigenvalue weighted by molar-refractivity contribution is 14.1. The van der Waals surface area contributed by atoms with Gasteiger partial charge in [-0.1, -0.05) is 19.9 Å². The molecule has 0 spiro atoms. The number of hydrogen-bond donors (Lipinski definition) is 2. The average molecular weight is 598 g/mol. The molecule has 7 nitrogen and oxygen atoms in total. The molecule has 2 aromatic rings. The second kappa shape index (κ2) is 10.8. The first-order valence-electron chi connectivity index (χ1n) is 9.12. The standard InChI is InChI=1S/C18H28I2N6O/c1-5-9-27-11-12(3)23-13(6-2)10-14(15-7-8-22-25(15)4)16-17(19)24-18(20)26(16)21/h7-8,10,12-13,23H,5-6,9,11,21H2,1-4H3/b14-10-/t12-,13?/m1/s1. The number of nitrogens with two attached hydrogens (primary N) is 1. The number of hydrogen-bond acceptors (Lipinski definition) is 5. The van der Waals surface area contributed by atoms with E-state index in [0.717, 1.165) is 43.9 Å². The molecule has 0 amide bonds. The predicted molar refractivity (Wildman–Crippen MR) is 126 cm³/mol. The van der Waals surface area contributed by atoms with Gasteiger partial charge in [-0.05, 0) is 48.4 Å². The van der Waals surface area contributed by atoms with Crippen LogP contribution in [0.4, 0.5) is 0 Å². The molecule has 2 atom stereocenters. The molecule has 27 heavy (non-hydrogen) atoms. The zero-order valence-electron chi connectivity index (χ0n) is 16.2. The first-order chi connectivity index (χ1) is 12.9. The summed E-state index contributed by atoms with van der Waals surface area (Å²) < 4.78 is 10.8. The molecular formula is C18H28I2N6O. The Balaban J connectivity index is 2.36. The third-order valence-corrected chi connectivity index (χ3v) is 5.71. The molecule has 2 aromatic heterocycles. The first kappa shape index (κ1) is 22.6. The van der Waals surface area contributed by atoms with Crippen LogP contribution in [0.1, 0.15) is 45.0 Å². The van der Waals surface area contributed by atoms with E-state index >= 15 is 0 Å². The van der Waals surface area contributed by atoms with Gasteiger partial charge in [-0.3, -0.25) is 4.68 Å². The smallest absolute Gasteiger partial charge is 0.191 e. The van der Waals surface area contributed by atoms with Crippen LogP contribution in [-0.2, 0) is 11.8 Å². The lowest BCUT2D eigenvalue weighted by Gasteiger charge is -2.21. The van der Waals surface area contributed by atoms with Gasteiger partial charge in [0.15, 0.2) is 3.83 Å². The highest BCUT2D eigenvalue weighted by Gasteiger charge is 2.21. The summed E-state index contributed by atoms with van der Waals surface area (Å²) >= 11 is 4.39. The van der Waals surface area contributed by atoms with Crippen molar-refractivity contribution >= 4 is 50.8 Å². The Labute approximate surface area is 188 Å². The molecule has 0 aliphatic carbocycles. The lowest BCUT2D eigenvalue weighted by Crippen LogP contribution is -2.38. The molecule has 150 valence electrons. The quantitative estimate of drug-likeness (QED) is 0.250. The zero-order valence-corrected chi connectivity index (χ0v) is 20.6. The summed E-state index contributed by atoms with van der Waals surface area (Å²) in [7, 11) is 1.94. The van der Waals surface area contributed by atoms with Crippen LogP contribution in [0, 0.1) is 7.53 Å². The van der Waals surface area contributed by atoms with E-state index < -0.39 is 0 Å². The molecule has 0 radical (unpaired) electrons. The zero-order chi connectivity index (χ0) is 20.0. The summed E-state index contributed by atoms with van der Waals surface area (Å²) in [6.45, 7) is 7.93. The summed E-state index contributed by atoms with van der Waals surface area (Å²) in [5.41, 5.74) is 2.93. The molecule has 0 saturated carbocycles. The predicted octanol–water partition coefficient (Wildman–Crippen LogP) is 3.15. The van der Waals surface area contributed by atoms with E-state index in [1.54, 1.807) is 10.9 Å². The van der Waals surface area contributed by atoms with Crippen molar-refractivity contribution < 1.29 is 4.74 Å². The van der Waals surface area contributed by atoms with Gasteiger partial charge in [0, 0.05) is 60.1 Å².